The smallest absolute Gasteiger partial charge is 0.255 e. The highest BCUT2D eigenvalue weighted by atomic mass is 16.5. The minimum absolute atomic E-state index is 0.0383. The van der Waals surface area contributed by atoms with Crippen LogP contribution in [-0.4, -0.2) is 48.6 Å². The molecule has 0 saturated carbocycles. The van der Waals surface area contributed by atoms with Crippen LogP contribution in [0.3, 0.4) is 0 Å². The van der Waals surface area contributed by atoms with E-state index in [1.54, 1.807) is 41.6 Å². The predicted octanol–water partition coefficient (Wildman–Crippen LogP) is 3.87. The van der Waals surface area contributed by atoms with Crippen molar-refractivity contribution in [2.45, 2.75) is 18.8 Å². The summed E-state index contributed by atoms with van der Waals surface area (Å²) in [7, 11) is 0. The molecule has 1 aromatic carbocycles. The standard InChI is InChI=1S/C24H22N6O2/c31-24(18-9-10-21(27-16-18)30-15-5-11-28-30)29-14-4-6-19(17-29)22-23(26-13-12-25-22)32-20-7-2-1-3-8-20/h1-3,5,7-13,15-16,19H,4,6,14,17H2/t19-/m1/s1. The maximum absolute atomic E-state index is 13.1. The third-order valence-electron chi connectivity index (χ3n) is 5.48. The summed E-state index contributed by atoms with van der Waals surface area (Å²) in [6.07, 6.45) is 10.2. The SMILES string of the molecule is O=C(c1ccc(-n2cccn2)nc1)N1CCC[C@@H](c2nccnc2Oc2ccccc2)C1. The van der Waals surface area contributed by atoms with Gasteiger partial charge in [-0.2, -0.15) is 5.10 Å². The molecule has 1 aliphatic heterocycles. The Morgan fingerprint density at radius 3 is 2.62 bits per heavy atom. The number of carbonyl (C=O) groups excluding carboxylic acids is 1. The van der Waals surface area contributed by atoms with E-state index in [-0.39, 0.29) is 11.8 Å². The van der Waals surface area contributed by atoms with Crippen molar-refractivity contribution in [2.24, 2.45) is 0 Å². The molecule has 1 atom stereocenters. The number of para-hydroxylation sites is 1. The molecule has 0 spiro atoms. The van der Waals surface area contributed by atoms with Gasteiger partial charge in [-0.15, -0.1) is 0 Å². The summed E-state index contributed by atoms with van der Waals surface area (Å²) >= 11 is 0. The summed E-state index contributed by atoms with van der Waals surface area (Å²) in [5.41, 5.74) is 1.34. The second kappa shape index (κ2) is 8.97. The molecule has 1 saturated heterocycles. The fourth-order valence-corrected chi connectivity index (χ4v) is 3.91. The molecule has 0 bridgehead atoms. The minimum atomic E-state index is -0.0383. The van der Waals surface area contributed by atoms with E-state index in [1.807, 2.05) is 47.5 Å². The number of carbonyl (C=O) groups is 1. The Bertz CT molecular complexity index is 1180. The number of nitrogens with zero attached hydrogens (tertiary/aromatic N) is 6. The minimum Gasteiger partial charge on any atom is -0.437 e. The average Bonchev–Trinajstić information content (AvgIpc) is 3.40. The Kier molecular flexibility index (Phi) is 5.57. The molecule has 4 aromatic rings. The van der Waals surface area contributed by atoms with Gasteiger partial charge in [0.2, 0.25) is 5.88 Å². The van der Waals surface area contributed by atoms with Crippen molar-refractivity contribution in [3.63, 3.8) is 0 Å². The summed E-state index contributed by atoms with van der Waals surface area (Å²) in [6.45, 7) is 1.26. The Hall–Kier alpha value is -4.07. The van der Waals surface area contributed by atoms with Crippen molar-refractivity contribution in [1.82, 2.24) is 29.6 Å². The molecule has 32 heavy (non-hydrogen) atoms. The van der Waals surface area contributed by atoms with Crippen LogP contribution in [0.4, 0.5) is 0 Å². The Morgan fingerprint density at radius 1 is 0.969 bits per heavy atom. The summed E-state index contributed by atoms with van der Waals surface area (Å²) in [6, 6.07) is 15.0. The van der Waals surface area contributed by atoms with Crippen LogP contribution in [0, 0.1) is 0 Å². The quantitative estimate of drug-likeness (QED) is 0.482. The van der Waals surface area contributed by atoms with Crippen LogP contribution in [0.2, 0.25) is 0 Å². The number of amides is 1. The Morgan fingerprint density at radius 2 is 1.84 bits per heavy atom. The summed E-state index contributed by atoms with van der Waals surface area (Å²) in [4.78, 5) is 28.4. The predicted molar refractivity (Wildman–Crippen MR) is 118 cm³/mol. The summed E-state index contributed by atoms with van der Waals surface area (Å²) in [5, 5.41) is 4.17. The van der Waals surface area contributed by atoms with Crippen LogP contribution in [0.15, 0.2) is 79.5 Å². The number of hydrogen-bond acceptors (Lipinski definition) is 6. The number of ether oxygens (including phenoxy) is 1. The fraction of sp³-hybridized carbons (Fsp3) is 0.208. The molecule has 8 heteroatoms. The zero-order valence-corrected chi connectivity index (χ0v) is 17.4. The highest BCUT2D eigenvalue weighted by Gasteiger charge is 2.29. The van der Waals surface area contributed by atoms with E-state index >= 15 is 0 Å². The average molecular weight is 426 g/mol. The zero-order chi connectivity index (χ0) is 21.8. The molecule has 0 N–H and O–H groups in total. The van der Waals surface area contributed by atoms with Gasteiger partial charge in [0.25, 0.3) is 5.91 Å². The van der Waals surface area contributed by atoms with Crippen molar-refractivity contribution in [2.75, 3.05) is 13.1 Å². The molecular weight excluding hydrogens is 404 g/mol. The number of piperidine rings is 1. The third-order valence-corrected chi connectivity index (χ3v) is 5.48. The molecule has 3 aromatic heterocycles. The topological polar surface area (TPSA) is 86.0 Å². The van der Waals surface area contributed by atoms with Gasteiger partial charge in [-0.25, -0.2) is 14.6 Å². The maximum atomic E-state index is 13.1. The van der Waals surface area contributed by atoms with E-state index in [2.05, 4.69) is 20.1 Å². The molecule has 0 unspecified atom stereocenters. The van der Waals surface area contributed by atoms with Crippen molar-refractivity contribution in [1.29, 1.82) is 0 Å². The number of pyridine rings is 1. The summed E-state index contributed by atoms with van der Waals surface area (Å²) < 4.78 is 7.66. The van der Waals surface area contributed by atoms with Crippen LogP contribution in [0.1, 0.15) is 34.8 Å². The second-order valence-electron chi connectivity index (χ2n) is 7.61. The van der Waals surface area contributed by atoms with Crippen LogP contribution < -0.4 is 4.74 Å². The van der Waals surface area contributed by atoms with Gasteiger partial charge in [0, 0.05) is 50.0 Å². The first-order valence-corrected chi connectivity index (χ1v) is 10.6. The van der Waals surface area contributed by atoms with Gasteiger partial charge >= 0.3 is 0 Å². The second-order valence-corrected chi connectivity index (χ2v) is 7.61. The van der Waals surface area contributed by atoms with Gasteiger partial charge in [0.15, 0.2) is 5.82 Å². The lowest BCUT2D eigenvalue weighted by Gasteiger charge is -2.32. The fourth-order valence-electron chi connectivity index (χ4n) is 3.91. The van der Waals surface area contributed by atoms with E-state index in [0.717, 1.165) is 18.5 Å². The molecular formula is C24H22N6O2. The largest absolute Gasteiger partial charge is 0.437 e. The van der Waals surface area contributed by atoms with Gasteiger partial charge in [-0.05, 0) is 43.2 Å². The molecule has 8 nitrogen and oxygen atoms in total. The van der Waals surface area contributed by atoms with E-state index in [9.17, 15) is 4.79 Å². The maximum Gasteiger partial charge on any atom is 0.255 e. The van der Waals surface area contributed by atoms with Crippen molar-refractivity contribution < 1.29 is 9.53 Å². The number of rotatable bonds is 5. The molecule has 160 valence electrons. The van der Waals surface area contributed by atoms with E-state index in [4.69, 9.17) is 4.74 Å². The number of hydrogen-bond donors (Lipinski definition) is 0. The molecule has 1 amide bonds. The first-order chi connectivity index (χ1) is 15.8. The first-order valence-electron chi connectivity index (χ1n) is 10.6. The molecule has 4 heterocycles. The van der Waals surface area contributed by atoms with Crippen molar-refractivity contribution >= 4 is 5.91 Å². The van der Waals surface area contributed by atoms with Gasteiger partial charge in [-0.3, -0.25) is 9.78 Å². The van der Waals surface area contributed by atoms with Crippen LogP contribution in [0.25, 0.3) is 5.82 Å². The lowest BCUT2D eigenvalue weighted by Crippen LogP contribution is -2.39. The van der Waals surface area contributed by atoms with Gasteiger partial charge in [0.1, 0.15) is 11.4 Å². The Labute approximate surface area is 185 Å². The molecule has 5 rings (SSSR count). The van der Waals surface area contributed by atoms with E-state index in [0.29, 0.717) is 36.1 Å². The normalized spacial score (nSPS) is 16.0. The van der Waals surface area contributed by atoms with Crippen LogP contribution in [-0.2, 0) is 0 Å². The van der Waals surface area contributed by atoms with Crippen LogP contribution in [0.5, 0.6) is 11.6 Å². The van der Waals surface area contributed by atoms with Crippen molar-refractivity contribution in [3.05, 3.63) is 90.8 Å². The van der Waals surface area contributed by atoms with Gasteiger partial charge < -0.3 is 9.64 Å². The summed E-state index contributed by atoms with van der Waals surface area (Å²) in [5.74, 6) is 1.88. The molecule has 0 radical (unpaired) electrons. The lowest BCUT2D eigenvalue weighted by atomic mass is 9.94. The monoisotopic (exact) mass is 426 g/mol. The highest BCUT2D eigenvalue weighted by Crippen LogP contribution is 2.33. The van der Waals surface area contributed by atoms with E-state index < -0.39 is 0 Å². The third kappa shape index (κ3) is 4.20. The first kappa shape index (κ1) is 19.9. The van der Waals surface area contributed by atoms with Gasteiger partial charge in [0.05, 0.1) is 5.56 Å². The van der Waals surface area contributed by atoms with Crippen LogP contribution >= 0.6 is 0 Å². The lowest BCUT2D eigenvalue weighted by molar-refractivity contribution is 0.0704. The Balaban J connectivity index is 1.32. The highest BCUT2D eigenvalue weighted by molar-refractivity contribution is 5.94. The zero-order valence-electron chi connectivity index (χ0n) is 17.4. The van der Waals surface area contributed by atoms with Crippen molar-refractivity contribution in [3.8, 4) is 17.4 Å². The number of aromatic nitrogens is 5. The molecule has 1 aliphatic rings. The number of likely N-dealkylation sites (tertiary alicyclic amines) is 1. The molecule has 0 aliphatic carbocycles. The molecule has 1 fully saturated rings. The number of benzene rings is 1. The van der Waals surface area contributed by atoms with Gasteiger partial charge in [-0.1, -0.05) is 18.2 Å². The van der Waals surface area contributed by atoms with E-state index in [1.165, 1.54) is 0 Å².